The van der Waals surface area contributed by atoms with Crippen LogP contribution in [0.3, 0.4) is 0 Å². The van der Waals surface area contributed by atoms with Gasteiger partial charge in [0.15, 0.2) is 15.6 Å². The van der Waals surface area contributed by atoms with E-state index in [0.717, 1.165) is 0 Å². The van der Waals surface area contributed by atoms with E-state index in [9.17, 15) is 18.0 Å². The SMILES string of the molecule is CS(=O)(=O)Cc1ccc2c(c1)C(=O)CC1(CCN(C(=O)c3ccccc3)CC1)O2. The molecule has 4 rings (SSSR count). The average Bonchev–Trinajstić information content (AvgIpc) is 2.68. The Morgan fingerprint density at radius 1 is 1.10 bits per heavy atom. The third-order valence-corrected chi connectivity index (χ3v) is 6.42. The molecule has 2 heterocycles. The van der Waals surface area contributed by atoms with Gasteiger partial charge in [-0.1, -0.05) is 24.3 Å². The molecule has 6 nitrogen and oxygen atoms in total. The highest BCUT2D eigenvalue weighted by atomic mass is 32.2. The fraction of sp³-hybridized carbons (Fsp3) is 0.364. The number of likely N-dealkylation sites (tertiary alicyclic amines) is 1. The Balaban J connectivity index is 1.48. The maximum Gasteiger partial charge on any atom is 0.253 e. The van der Waals surface area contributed by atoms with Crippen LogP contribution in [-0.2, 0) is 15.6 Å². The highest BCUT2D eigenvalue weighted by Gasteiger charge is 2.43. The molecule has 0 N–H and O–H groups in total. The quantitative estimate of drug-likeness (QED) is 0.773. The number of carbonyl (C=O) groups is 2. The molecule has 1 saturated heterocycles. The lowest BCUT2D eigenvalue weighted by atomic mass is 9.82. The minimum Gasteiger partial charge on any atom is -0.486 e. The van der Waals surface area contributed by atoms with E-state index >= 15 is 0 Å². The molecule has 152 valence electrons. The minimum atomic E-state index is -3.17. The summed E-state index contributed by atoms with van der Waals surface area (Å²) in [6.07, 6.45) is 2.59. The number of ketones is 1. The number of carbonyl (C=O) groups excluding carboxylic acids is 2. The Labute approximate surface area is 170 Å². The van der Waals surface area contributed by atoms with Crippen LogP contribution in [0, 0.1) is 0 Å². The molecule has 0 aromatic heterocycles. The van der Waals surface area contributed by atoms with E-state index in [4.69, 9.17) is 4.74 Å². The third-order valence-electron chi connectivity index (χ3n) is 5.57. The van der Waals surface area contributed by atoms with E-state index < -0.39 is 15.4 Å². The second-order valence-corrected chi connectivity index (χ2v) is 10.1. The standard InChI is InChI=1S/C22H23NO5S/c1-29(26,27)15-16-7-8-20-18(13-16)19(24)14-22(28-20)9-11-23(12-10-22)21(25)17-5-3-2-4-6-17/h2-8,13H,9-12,14-15H2,1H3. The first-order chi connectivity index (χ1) is 13.7. The van der Waals surface area contributed by atoms with Gasteiger partial charge in [-0.05, 0) is 29.8 Å². The summed E-state index contributed by atoms with van der Waals surface area (Å²) in [5.41, 5.74) is 1.09. The minimum absolute atomic E-state index is 0.00611. The van der Waals surface area contributed by atoms with Crippen molar-refractivity contribution < 1.29 is 22.7 Å². The molecule has 2 aliphatic rings. The van der Waals surface area contributed by atoms with Crippen molar-refractivity contribution in [1.29, 1.82) is 0 Å². The van der Waals surface area contributed by atoms with Crippen molar-refractivity contribution in [1.82, 2.24) is 4.90 Å². The Hall–Kier alpha value is -2.67. The monoisotopic (exact) mass is 413 g/mol. The molecule has 1 fully saturated rings. The lowest BCUT2D eigenvalue weighted by Gasteiger charge is -2.44. The first kappa shape index (κ1) is 19.6. The number of piperidine rings is 1. The van der Waals surface area contributed by atoms with E-state index in [1.807, 2.05) is 18.2 Å². The van der Waals surface area contributed by atoms with E-state index in [2.05, 4.69) is 0 Å². The Kier molecular flexibility index (Phi) is 4.94. The second-order valence-electron chi connectivity index (χ2n) is 7.94. The molecule has 2 aliphatic heterocycles. The number of Topliss-reactive ketones (excluding diaryl/α,β-unsaturated/α-hetero) is 1. The Morgan fingerprint density at radius 2 is 1.79 bits per heavy atom. The summed E-state index contributed by atoms with van der Waals surface area (Å²) in [6, 6.07) is 14.2. The number of fused-ring (bicyclic) bond motifs is 1. The normalized spacial score (nSPS) is 18.2. The average molecular weight is 413 g/mol. The highest BCUT2D eigenvalue weighted by molar-refractivity contribution is 7.89. The number of benzene rings is 2. The lowest BCUT2D eigenvalue weighted by molar-refractivity contribution is -0.00573. The summed E-state index contributed by atoms with van der Waals surface area (Å²) in [5.74, 6) is 0.356. The van der Waals surface area contributed by atoms with Gasteiger partial charge in [0.2, 0.25) is 0 Å². The zero-order chi connectivity index (χ0) is 20.6. The number of amides is 1. The Bertz CT molecular complexity index is 1050. The summed E-state index contributed by atoms with van der Waals surface area (Å²) in [5, 5.41) is 0. The van der Waals surface area contributed by atoms with Gasteiger partial charge >= 0.3 is 0 Å². The summed E-state index contributed by atoms with van der Waals surface area (Å²) in [6.45, 7) is 1.06. The van der Waals surface area contributed by atoms with Crippen LogP contribution in [0.4, 0.5) is 0 Å². The third kappa shape index (κ3) is 4.19. The number of ether oxygens (including phenoxy) is 1. The molecule has 0 aliphatic carbocycles. The maximum absolute atomic E-state index is 12.8. The fourth-order valence-electron chi connectivity index (χ4n) is 4.09. The van der Waals surface area contributed by atoms with Crippen LogP contribution in [0.25, 0.3) is 0 Å². The molecular weight excluding hydrogens is 390 g/mol. The van der Waals surface area contributed by atoms with Gasteiger partial charge in [-0.15, -0.1) is 0 Å². The van der Waals surface area contributed by atoms with Crippen molar-refractivity contribution in [2.24, 2.45) is 0 Å². The number of rotatable bonds is 3. The molecule has 0 saturated carbocycles. The number of nitrogens with zero attached hydrogens (tertiary/aromatic N) is 1. The van der Waals surface area contributed by atoms with Crippen molar-refractivity contribution in [3.63, 3.8) is 0 Å². The lowest BCUT2D eigenvalue weighted by Crippen LogP contribution is -2.52. The predicted molar refractivity (Wildman–Crippen MR) is 109 cm³/mol. The van der Waals surface area contributed by atoms with Crippen LogP contribution in [0.15, 0.2) is 48.5 Å². The van der Waals surface area contributed by atoms with Crippen molar-refractivity contribution in [2.75, 3.05) is 19.3 Å². The number of hydrogen-bond donors (Lipinski definition) is 0. The van der Waals surface area contributed by atoms with E-state index in [0.29, 0.717) is 48.4 Å². The molecule has 7 heteroatoms. The van der Waals surface area contributed by atoms with Crippen LogP contribution >= 0.6 is 0 Å². The number of hydrogen-bond acceptors (Lipinski definition) is 5. The molecular formula is C22H23NO5S. The van der Waals surface area contributed by atoms with Crippen LogP contribution in [0.2, 0.25) is 0 Å². The largest absolute Gasteiger partial charge is 0.486 e. The number of sulfone groups is 1. The first-order valence-electron chi connectivity index (χ1n) is 9.62. The van der Waals surface area contributed by atoms with Crippen LogP contribution in [0.1, 0.15) is 45.5 Å². The van der Waals surface area contributed by atoms with Crippen molar-refractivity contribution in [3.05, 3.63) is 65.2 Å². The molecule has 0 radical (unpaired) electrons. The van der Waals surface area contributed by atoms with Gasteiger partial charge in [0.25, 0.3) is 5.91 Å². The fourth-order valence-corrected chi connectivity index (χ4v) is 4.88. The molecule has 0 unspecified atom stereocenters. The van der Waals surface area contributed by atoms with Crippen molar-refractivity contribution in [3.8, 4) is 5.75 Å². The molecule has 1 amide bonds. The second kappa shape index (κ2) is 7.30. The smallest absolute Gasteiger partial charge is 0.253 e. The Morgan fingerprint density at radius 3 is 2.45 bits per heavy atom. The van der Waals surface area contributed by atoms with E-state index in [1.54, 1.807) is 35.2 Å². The van der Waals surface area contributed by atoms with Crippen molar-refractivity contribution >= 4 is 21.5 Å². The topological polar surface area (TPSA) is 80.8 Å². The van der Waals surface area contributed by atoms with Gasteiger partial charge in [0.1, 0.15) is 11.4 Å². The van der Waals surface area contributed by atoms with E-state index in [-0.39, 0.29) is 23.9 Å². The molecule has 2 aromatic rings. The molecule has 1 spiro atoms. The molecule has 29 heavy (non-hydrogen) atoms. The zero-order valence-electron chi connectivity index (χ0n) is 16.3. The van der Waals surface area contributed by atoms with Gasteiger partial charge < -0.3 is 9.64 Å². The zero-order valence-corrected chi connectivity index (χ0v) is 17.1. The van der Waals surface area contributed by atoms with Gasteiger partial charge in [-0.3, -0.25) is 9.59 Å². The summed E-state index contributed by atoms with van der Waals surface area (Å²) in [4.78, 5) is 27.3. The van der Waals surface area contributed by atoms with Gasteiger partial charge in [0, 0.05) is 37.8 Å². The molecule has 0 bridgehead atoms. The van der Waals surface area contributed by atoms with Crippen LogP contribution < -0.4 is 4.74 Å². The van der Waals surface area contributed by atoms with Gasteiger partial charge in [0.05, 0.1) is 17.7 Å². The highest BCUT2D eigenvalue weighted by Crippen LogP contribution is 2.40. The predicted octanol–water partition coefficient (Wildman–Crippen LogP) is 2.87. The summed E-state index contributed by atoms with van der Waals surface area (Å²) in [7, 11) is -3.17. The van der Waals surface area contributed by atoms with Gasteiger partial charge in [-0.2, -0.15) is 0 Å². The molecule has 0 atom stereocenters. The summed E-state index contributed by atoms with van der Waals surface area (Å²) >= 11 is 0. The van der Waals surface area contributed by atoms with E-state index in [1.165, 1.54) is 6.26 Å². The maximum atomic E-state index is 12.8. The van der Waals surface area contributed by atoms with Crippen LogP contribution in [-0.4, -0.2) is 50.0 Å². The first-order valence-corrected chi connectivity index (χ1v) is 11.7. The van der Waals surface area contributed by atoms with Crippen LogP contribution in [0.5, 0.6) is 5.75 Å². The van der Waals surface area contributed by atoms with Gasteiger partial charge in [-0.25, -0.2) is 8.42 Å². The summed E-state index contributed by atoms with van der Waals surface area (Å²) < 4.78 is 29.3. The molecule has 2 aromatic carbocycles. The van der Waals surface area contributed by atoms with Crippen molar-refractivity contribution in [2.45, 2.75) is 30.6 Å².